The van der Waals surface area contributed by atoms with E-state index in [1.807, 2.05) is 13.0 Å². The number of sulfonamides is 1. The highest BCUT2D eigenvalue weighted by atomic mass is 32.2. The van der Waals surface area contributed by atoms with E-state index in [0.29, 0.717) is 11.5 Å². The minimum atomic E-state index is -3.63. The zero-order valence-corrected chi connectivity index (χ0v) is 13.1. The molecule has 0 atom stereocenters. The van der Waals surface area contributed by atoms with E-state index in [-0.39, 0.29) is 10.6 Å². The number of hydrogen-bond acceptors (Lipinski definition) is 4. The summed E-state index contributed by atoms with van der Waals surface area (Å²) in [7, 11) is -1.95. The summed E-state index contributed by atoms with van der Waals surface area (Å²) in [6.45, 7) is 2.02. The molecule has 6 nitrogen and oxygen atoms in total. The molecule has 21 heavy (non-hydrogen) atoms. The van der Waals surface area contributed by atoms with E-state index in [2.05, 4.69) is 15.0 Å². The molecule has 0 spiro atoms. The third-order valence-electron chi connectivity index (χ3n) is 4.32. The third-order valence-corrected chi connectivity index (χ3v) is 5.92. The fourth-order valence-electron chi connectivity index (χ4n) is 2.86. The summed E-state index contributed by atoms with van der Waals surface area (Å²) < 4.78 is 30.2. The lowest BCUT2D eigenvalue weighted by Gasteiger charge is -2.41. The van der Waals surface area contributed by atoms with Crippen molar-refractivity contribution in [2.24, 2.45) is 0 Å². The van der Waals surface area contributed by atoms with Gasteiger partial charge in [-0.3, -0.25) is 4.40 Å². The molecule has 0 aliphatic heterocycles. The number of aromatic nitrogens is 2. The maximum atomic E-state index is 12.8. The lowest BCUT2D eigenvalue weighted by atomic mass is 9.76. The fraction of sp³-hybridized carbons (Fsp3) is 0.500. The topological polar surface area (TPSA) is 75.5 Å². The summed E-state index contributed by atoms with van der Waals surface area (Å²) in [5.41, 5.74) is 0.323. The number of nitrogens with one attached hydrogen (secondary N) is 2. The first-order valence-electron chi connectivity index (χ1n) is 7.20. The summed E-state index contributed by atoms with van der Waals surface area (Å²) >= 11 is 0. The molecule has 0 saturated heterocycles. The van der Waals surface area contributed by atoms with Crippen molar-refractivity contribution in [1.82, 2.24) is 14.1 Å². The second kappa shape index (κ2) is 4.99. The van der Waals surface area contributed by atoms with E-state index in [1.165, 1.54) is 0 Å². The maximum Gasteiger partial charge on any atom is 0.260 e. The van der Waals surface area contributed by atoms with Gasteiger partial charge in [0.25, 0.3) is 10.0 Å². The lowest BCUT2D eigenvalue weighted by Crippen LogP contribution is -2.53. The molecule has 7 heteroatoms. The predicted molar refractivity (Wildman–Crippen MR) is 81.9 cm³/mol. The van der Waals surface area contributed by atoms with Crippen LogP contribution in [0.4, 0.5) is 5.82 Å². The van der Waals surface area contributed by atoms with Crippen molar-refractivity contribution in [2.75, 3.05) is 12.4 Å². The smallest absolute Gasteiger partial charge is 0.260 e. The van der Waals surface area contributed by atoms with Crippen molar-refractivity contribution in [3.63, 3.8) is 0 Å². The van der Waals surface area contributed by atoms with Crippen LogP contribution in [0.5, 0.6) is 0 Å². The largest absolute Gasteiger partial charge is 0.371 e. The Kier molecular flexibility index (Phi) is 3.41. The predicted octanol–water partition coefficient (Wildman–Crippen LogP) is 1.99. The zero-order chi connectivity index (χ0) is 15.1. The van der Waals surface area contributed by atoms with Crippen LogP contribution < -0.4 is 10.0 Å². The Morgan fingerprint density at radius 3 is 2.71 bits per heavy atom. The molecular weight excluding hydrogens is 288 g/mol. The van der Waals surface area contributed by atoms with Gasteiger partial charge in [-0.2, -0.15) is 0 Å². The van der Waals surface area contributed by atoms with Gasteiger partial charge in [0.1, 0.15) is 5.65 Å². The van der Waals surface area contributed by atoms with Gasteiger partial charge in [-0.1, -0.05) is 13.0 Å². The molecule has 0 bridgehead atoms. The van der Waals surface area contributed by atoms with E-state index in [4.69, 9.17) is 0 Å². The Balaban J connectivity index is 2.10. The number of fused-ring (bicyclic) bond motifs is 1. The molecule has 1 aliphatic rings. The first-order chi connectivity index (χ1) is 10.0. The Morgan fingerprint density at radius 1 is 1.38 bits per heavy atom. The van der Waals surface area contributed by atoms with Crippen molar-refractivity contribution in [2.45, 2.75) is 43.2 Å². The number of hydrogen-bond donors (Lipinski definition) is 2. The van der Waals surface area contributed by atoms with Crippen LogP contribution in [0.1, 0.15) is 32.6 Å². The molecule has 2 N–H and O–H groups in total. The van der Waals surface area contributed by atoms with Crippen LogP contribution in [0.3, 0.4) is 0 Å². The highest BCUT2D eigenvalue weighted by Gasteiger charge is 2.40. The van der Waals surface area contributed by atoms with Crippen molar-refractivity contribution in [3.05, 3.63) is 24.4 Å². The van der Waals surface area contributed by atoms with E-state index < -0.39 is 10.0 Å². The van der Waals surface area contributed by atoms with Gasteiger partial charge in [-0.25, -0.2) is 18.1 Å². The highest BCUT2D eigenvalue weighted by molar-refractivity contribution is 7.89. The van der Waals surface area contributed by atoms with Gasteiger partial charge >= 0.3 is 0 Å². The molecule has 1 fully saturated rings. The minimum Gasteiger partial charge on any atom is -0.371 e. The van der Waals surface area contributed by atoms with Gasteiger partial charge in [-0.15, -0.1) is 0 Å². The fourth-order valence-corrected chi connectivity index (χ4v) is 4.69. The standard InChI is InChI=1S/C14H20N4O2S/c1-3-14(8-6-9-14)17-21(19,20)13-12(15-2)16-11-7-4-5-10-18(11)13/h4-5,7,10,15,17H,3,6,8-9H2,1-2H3. The van der Waals surface area contributed by atoms with Crippen molar-refractivity contribution >= 4 is 21.5 Å². The molecule has 114 valence electrons. The normalized spacial score (nSPS) is 17.6. The van der Waals surface area contributed by atoms with Crippen LogP contribution >= 0.6 is 0 Å². The number of rotatable bonds is 5. The lowest BCUT2D eigenvalue weighted by molar-refractivity contribution is 0.213. The average Bonchev–Trinajstić information content (AvgIpc) is 2.82. The van der Waals surface area contributed by atoms with Gasteiger partial charge in [-0.05, 0) is 37.8 Å². The van der Waals surface area contributed by atoms with Crippen LogP contribution in [0, 0.1) is 0 Å². The highest BCUT2D eigenvalue weighted by Crippen LogP contribution is 2.36. The Labute approximate surface area is 124 Å². The molecule has 2 aromatic rings. The van der Waals surface area contributed by atoms with E-state index in [9.17, 15) is 8.42 Å². The third kappa shape index (κ3) is 2.30. The van der Waals surface area contributed by atoms with Crippen molar-refractivity contribution in [3.8, 4) is 0 Å². The van der Waals surface area contributed by atoms with Crippen LogP contribution in [0.25, 0.3) is 5.65 Å². The number of anilines is 1. The minimum absolute atomic E-state index is 0.181. The first kappa shape index (κ1) is 14.3. The van der Waals surface area contributed by atoms with Crippen molar-refractivity contribution < 1.29 is 8.42 Å². The van der Waals surface area contributed by atoms with Gasteiger partial charge in [0.2, 0.25) is 0 Å². The molecule has 2 aromatic heterocycles. The monoisotopic (exact) mass is 308 g/mol. The maximum absolute atomic E-state index is 12.8. The molecule has 0 unspecified atom stereocenters. The molecule has 1 saturated carbocycles. The van der Waals surface area contributed by atoms with Crippen LogP contribution in [0.15, 0.2) is 29.4 Å². The van der Waals surface area contributed by atoms with E-state index in [1.54, 1.807) is 29.8 Å². The van der Waals surface area contributed by atoms with Crippen LogP contribution in [0.2, 0.25) is 0 Å². The molecule has 3 rings (SSSR count). The summed E-state index contributed by atoms with van der Waals surface area (Å²) in [4.78, 5) is 4.33. The van der Waals surface area contributed by atoms with Gasteiger partial charge in [0.15, 0.2) is 10.8 Å². The Hall–Kier alpha value is -1.60. The van der Waals surface area contributed by atoms with Gasteiger partial charge in [0, 0.05) is 18.8 Å². The Bertz CT molecular complexity index is 757. The number of nitrogens with zero attached hydrogens (tertiary/aromatic N) is 2. The zero-order valence-electron chi connectivity index (χ0n) is 12.3. The molecule has 0 amide bonds. The van der Waals surface area contributed by atoms with Crippen molar-refractivity contribution in [1.29, 1.82) is 0 Å². The number of imidazole rings is 1. The van der Waals surface area contributed by atoms with E-state index >= 15 is 0 Å². The average molecular weight is 308 g/mol. The molecule has 0 aromatic carbocycles. The summed E-state index contributed by atoms with van der Waals surface area (Å²) in [6, 6.07) is 5.43. The second-order valence-electron chi connectivity index (χ2n) is 5.54. The first-order valence-corrected chi connectivity index (χ1v) is 8.68. The van der Waals surface area contributed by atoms with Crippen LogP contribution in [-0.2, 0) is 10.0 Å². The SMILES string of the molecule is CCC1(NS(=O)(=O)c2c(NC)nc3ccccn23)CCC1. The molecule has 0 radical (unpaired) electrons. The molecule has 1 aliphatic carbocycles. The molecule has 2 heterocycles. The summed E-state index contributed by atoms with van der Waals surface area (Å²) in [6.07, 6.45) is 5.39. The van der Waals surface area contributed by atoms with Crippen LogP contribution in [-0.4, -0.2) is 30.4 Å². The number of pyridine rings is 1. The Morgan fingerprint density at radius 2 is 2.14 bits per heavy atom. The quantitative estimate of drug-likeness (QED) is 0.885. The van der Waals surface area contributed by atoms with Gasteiger partial charge in [0.05, 0.1) is 0 Å². The summed E-state index contributed by atoms with van der Waals surface area (Å²) in [5.74, 6) is 0.374. The van der Waals surface area contributed by atoms with Gasteiger partial charge < -0.3 is 5.32 Å². The molecular formula is C14H20N4O2S. The second-order valence-corrected chi connectivity index (χ2v) is 7.14. The summed E-state index contributed by atoms with van der Waals surface area (Å²) in [5, 5.41) is 3.06. The van der Waals surface area contributed by atoms with E-state index in [0.717, 1.165) is 25.7 Å².